The van der Waals surface area contributed by atoms with Crippen LogP contribution in [0.3, 0.4) is 0 Å². The van der Waals surface area contributed by atoms with E-state index in [1.165, 1.54) is 11.8 Å². The molecule has 0 aliphatic rings. The highest BCUT2D eigenvalue weighted by Gasteiger charge is 2.12. The van der Waals surface area contributed by atoms with Crippen LogP contribution in [0.15, 0.2) is 17.2 Å². The molecule has 1 heterocycles. The molecular weight excluding hydrogens is 226 g/mol. The number of hydrogen-bond donors (Lipinski definition) is 2. The predicted octanol–water partition coefficient (Wildman–Crippen LogP) is 0.698. The number of aliphatic hydroxyl groups excluding tert-OH is 1. The molecule has 88 valence electrons. The van der Waals surface area contributed by atoms with E-state index in [1.54, 1.807) is 26.1 Å². The Bertz CT molecular complexity index is 354. The number of aliphatic hydroxyl groups is 1. The van der Waals surface area contributed by atoms with E-state index >= 15 is 0 Å². The quantitative estimate of drug-likeness (QED) is 0.759. The standard InChI is InChI=1S/C10H15N3O2S/c1-6(14)7(2)16-9-5-4-8(12-13-9)10(15)11-3/h4-7,14H,1-3H3,(H,11,15). The summed E-state index contributed by atoms with van der Waals surface area (Å²) in [7, 11) is 1.54. The van der Waals surface area contributed by atoms with Crippen LogP contribution in [0.5, 0.6) is 0 Å². The predicted molar refractivity (Wildman–Crippen MR) is 62.4 cm³/mol. The number of amides is 1. The van der Waals surface area contributed by atoms with Crippen molar-refractivity contribution in [3.8, 4) is 0 Å². The van der Waals surface area contributed by atoms with Crippen LogP contribution in [0.4, 0.5) is 0 Å². The molecule has 0 bridgehead atoms. The molecule has 0 aromatic carbocycles. The maximum Gasteiger partial charge on any atom is 0.271 e. The molecule has 2 N–H and O–H groups in total. The van der Waals surface area contributed by atoms with E-state index in [2.05, 4.69) is 15.5 Å². The van der Waals surface area contributed by atoms with E-state index in [0.717, 1.165) is 0 Å². The molecule has 0 aliphatic heterocycles. The number of rotatable bonds is 4. The number of carbonyl (C=O) groups excluding carboxylic acids is 1. The minimum atomic E-state index is -0.412. The first kappa shape index (κ1) is 12.9. The molecule has 5 nitrogen and oxygen atoms in total. The Kier molecular flexibility index (Phi) is 4.70. The third kappa shape index (κ3) is 3.46. The molecule has 0 fully saturated rings. The number of carbonyl (C=O) groups is 1. The molecule has 0 aliphatic carbocycles. The molecule has 16 heavy (non-hydrogen) atoms. The summed E-state index contributed by atoms with van der Waals surface area (Å²) in [4.78, 5) is 11.2. The Balaban J connectivity index is 2.68. The van der Waals surface area contributed by atoms with Crippen molar-refractivity contribution in [2.24, 2.45) is 0 Å². The Labute approximate surface area is 98.7 Å². The van der Waals surface area contributed by atoms with Gasteiger partial charge in [-0.25, -0.2) is 0 Å². The zero-order chi connectivity index (χ0) is 12.1. The number of hydrogen-bond acceptors (Lipinski definition) is 5. The maximum atomic E-state index is 11.2. The first-order chi connectivity index (χ1) is 7.54. The summed E-state index contributed by atoms with van der Waals surface area (Å²) in [6.45, 7) is 3.63. The lowest BCUT2D eigenvalue weighted by Crippen LogP contribution is -2.20. The largest absolute Gasteiger partial charge is 0.392 e. The van der Waals surface area contributed by atoms with Crippen molar-refractivity contribution >= 4 is 17.7 Å². The van der Waals surface area contributed by atoms with Gasteiger partial charge in [0, 0.05) is 12.3 Å². The van der Waals surface area contributed by atoms with Gasteiger partial charge in [-0.3, -0.25) is 4.79 Å². The molecule has 0 radical (unpaired) electrons. The van der Waals surface area contributed by atoms with Gasteiger partial charge in [-0.05, 0) is 19.1 Å². The highest BCUT2D eigenvalue weighted by Crippen LogP contribution is 2.22. The Morgan fingerprint density at radius 3 is 2.56 bits per heavy atom. The molecule has 2 atom stereocenters. The minimum Gasteiger partial charge on any atom is -0.392 e. The van der Waals surface area contributed by atoms with Crippen LogP contribution in [0, 0.1) is 0 Å². The monoisotopic (exact) mass is 241 g/mol. The normalized spacial score (nSPS) is 14.2. The van der Waals surface area contributed by atoms with Crippen molar-refractivity contribution in [1.82, 2.24) is 15.5 Å². The second-order valence-electron chi connectivity index (χ2n) is 3.40. The molecule has 0 saturated carbocycles. The SMILES string of the molecule is CNC(=O)c1ccc(SC(C)C(C)O)nn1. The van der Waals surface area contributed by atoms with Crippen molar-refractivity contribution in [1.29, 1.82) is 0 Å². The van der Waals surface area contributed by atoms with Crippen LogP contribution in [0.25, 0.3) is 0 Å². The summed E-state index contributed by atoms with van der Waals surface area (Å²) < 4.78 is 0. The van der Waals surface area contributed by atoms with Gasteiger partial charge in [0.2, 0.25) is 0 Å². The molecule has 6 heteroatoms. The molecule has 2 unspecified atom stereocenters. The van der Waals surface area contributed by atoms with Crippen LogP contribution in [-0.2, 0) is 0 Å². The van der Waals surface area contributed by atoms with Crippen molar-refractivity contribution < 1.29 is 9.90 Å². The number of thioether (sulfide) groups is 1. The Morgan fingerprint density at radius 2 is 2.12 bits per heavy atom. The van der Waals surface area contributed by atoms with Crippen LogP contribution in [0.2, 0.25) is 0 Å². The lowest BCUT2D eigenvalue weighted by atomic mass is 10.3. The van der Waals surface area contributed by atoms with Crippen molar-refractivity contribution in [2.45, 2.75) is 30.2 Å². The van der Waals surface area contributed by atoms with Gasteiger partial charge in [-0.15, -0.1) is 10.2 Å². The highest BCUT2D eigenvalue weighted by molar-refractivity contribution is 7.99. The van der Waals surface area contributed by atoms with E-state index in [0.29, 0.717) is 5.03 Å². The summed E-state index contributed by atoms with van der Waals surface area (Å²) in [5.74, 6) is -0.257. The molecule has 0 spiro atoms. The summed E-state index contributed by atoms with van der Waals surface area (Å²) in [6.07, 6.45) is -0.412. The number of aromatic nitrogens is 2. The molecule has 0 saturated heterocycles. The molecular formula is C10H15N3O2S. The average molecular weight is 241 g/mol. The van der Waals surface area contributed by atoms with Crippen LogP contribution in [-0.4, -0.2) is 39.6 Å². The highest BCUT2D eigenvalue weighted by atomic mass is 32.2. The van der Waals surface area contributed by atoms with Crippen LogP contribution >= 0.6 is 11.8 Å². The summed E-state index contributed by atoms with van der Waals surface area (Å²) in [5, 5.41) is 20.2. The van der Waals surface area contributed by atoms with Crippen molar-refractivity contribution in [2.75, 3.05) is 7.05 Å². The molecule has 1 rings (SSSR count). The maximum absolute atomic E-state index is 11.2. The fraction of sp³-hybridized carbons (Fsp3) is 0.500. The molecule has 1 amide bonds. The molecule has 1 aromatic heterocycles. The second kappa shape index (κ2) is 5.81. The fourth-order valence-electron chi connectivity index (χ4n) is 0.921. The summed E-state index contributed by atoms with van der Waals surface area (Å²) in [6, 6.07) is 3.34. The van der Waals surface area contributed by atoms with E-state index in [-0.39, 0.29) is 16.9 Å². The van der Waals surface area contributed by atoms with Gasteiger partial charge in [0.05, 0.1) is 6.10 Å². The third-order valence-corrected chi connectivity index (χ3v) is 3.31. The molecule has 1 aromatic rings. The zero-order valence-corrected chi connectivity index (χ0v) is 10.3. The van der Waals surface area contributed by atoms with Crippen LogP contribution in [0.1, 0.15) is 24.3 Å². The number of nitrogens with zero attached hydrogens (tertiary/aromatic N) is 2. The second-order valence-corrected chi connectivity index (χ2v) is 4.80. The Hall–Kier alpha value is -1.14. The van der Waals surface area contributed by atoms with Gasteiger partial charge in [-0.1, -0.05) is 18.7 Å². The first-order valence-electron chi connectivity index (χ1n) is 4.95. The van der Waals surface area contributed by atoms with Gasteiger partial charge in [0.15, 0.2) is 5.69 Å². The van der Waals surface area contributed by atoms with Gasteiger partial charge >= 0.3 is 0 Å². The summed E-state index contributed by atoms with van der Waals surface area (Å²) in [5.41, 5.74) is 0.288. The van der Waals surface area contributed by atoms with Crippen molar-refractivity contribution in [3.05, 3.63) is 17.8 Å². The fourth-order valence-corrected chi connectivity index (χ4v) is 1.73. The van der Waals surface area contributed by atoms with Crippen molar-refractivity contribution in [3.63, 3.8) is 0 Å². The average Bonchev–Trinajstić information content (AvgIpc) is 2.28. The third-order valence-electron chi connectivity index (χ3n) is 2.09. The Morgan fingerprint density at radius 1 is 1.44 bits per heavy atom. The smallest absolute Gasteiger partial charge is 0.271 e. The minimum absolute atomic E-state index is 0.0418. The van der Waals surface area contributed by atoms with Crippen LogP contribution < -0.4 is 5.32 Å². The lowest BCUT2D eigenvalue weighted by molar-refractivity contribution is 0.0957. The van der Waals surface area contributed by atoms with Gasteiger partial charge in [0.1, 0.15) is 5.03 Å². The van der Waals surface area contributed by atoms with E-state index in [4.69, 9.17) is 0 Å². The van der Waals surface area contributed by atoms with E-state index in [9.17, 15) is 9.90 Å². The van der Waals surface area contributed by atoms with Gasteiger partial charge < -0.3 is 10.4 Å². The lowest BCUT2D eigenvalue weighted by Gasteiger charge is -2.12. The summed E-state index contributed by atoms with van der Waals surface area (Å²) >= 11 is 1.42. The van der Waals surface area contributed by atoms with Gasteiger partial charge in [0.25, 0.3) is 5.91 Å². The van der Waals surface area contributed by atoms with Gasteiger partial charge in [-0.2, -0.15) is 0 Å². The van der Waals surface area contributed by atoms with E-state index in [1.807, 2.05) is 6.92 Å². The topological polar surface area (TPSA) is 75.1 Å². The first-order valence-corrected chi connectivity index (χ1v) is 5.83. The zero-order valence-electron chi connectivity index (χ0n) is 9.47. The van der Waals surface area contributed by atoms with E-state index < -0.39 is 6.10 Å². The number of nitrogens with one attached hydrogen (secondary N) is 1.